The van der Waals surface area contributed by atoms with Gasteiger partial charge in [0, 0.05) is 49.6 Å². The van der Waals surface area contributed by atoms with Crippen molar-refractivity contribution in [2.24, 2.45) is 0 Å². The van der Waals surface area contributed by atoms with Gasteiger partial charge in [-0.3, -0.25) is 4.79 Å². The first-order chi connectivity index (χ1) is 19.3. The highest BCUT2D eigenvalue weighted by atomic mass is 19.4. The number of nitrogens with zero attached hydrogens (tertiary/aromatic N) is 4. The zero-order chi connectivity index (χ0) is 29.5. The highest BCUT2D eigenvalue weighted by Crippen LogP contribution is 2.39. The van der Waals surface area contributed by atoms with Gasteiger partial charge in [-0.25, -0.2) is 14.4 Å². The van der Waals surface area contributed by atoms with Gasteiger partial charge in [-0.05, 0) is 68.8 Å². The van der Waals surface area contributed by atoms with E-state index >= 15 is 4.39 Å². The summed E-state index contributed by atoms with van der Waals surface area (Å²) in [4.78, 5) is 25.1. The third-order valence-electron chi connectivity index (χ3n) is 7.22. The normalized spacial score (nSPS) is 16.9. The number of benzene rings is 2. The van der Waals surface area contributed by atoms with E-state index in [0.717, 1.165) is 19.3 Å². The molecule has 3 aromatic rings. The standard InChI is InChI=1S/C28H30F4N6O3/c1-27(2)23-16(6-11-39)12-17(13-19(23)25(40)36-27)24-20(29)15-33-26(35-24)34-21-14-18(38-9-7-37(3)8-10-38)4-5-22(21)41-28(30,31)32/h4-5,12-15,39H,6-11H2,1-3H3,(H,36,40)(H,33,34,35). The smallest absolute Gasteiger partial charge is 0.404 e. The molecule has 1 aromatic heterocycles. The largest absolute Gasteiger partial charge is 0.573 e. The fraction of sp³-hybridized carbons (Fsp3) is 0.393. The third-order valence-corrected chi connectivity index (χ3v) is 7.22. The highest BCUT2D eigenvalue weighted by molar-refractivity contribution is 6.01. The molecule has 1 amide bonds. The second-order valence-corrected chi connectivity index (χ2v) is 10.6. The van der Waals surface area contributed by atoms with Gasteiger partial charge in [0.15, 0.2) is 11.6 Å². The van der Waals surface area contributed by atoms with Crippen LogP contribution in [0.5, 0.6) is 5.75 Å². The number of likely N-dealkylation sites (N-methyl/N-ethyl adjacent to an activating group) is 1. The number of fused-ring (bicyclic) bond motifs is 1. The fourth-order valence-electron chi connectivity index (χ4n) is 5.33. The van der Waals surface area contributed by atoms with Crippen molar-refractivity contribution in [1.29, 1.82) is 0 Å². The minimum absolute atomic E-state index is 0.0487. The molecule has 0 spiro atoms. The highest BCUT2D eigenvalue weighted by Gasteiger charge is 2.38. The lowest BCUT2D eigenvalue weighted by atomic mass is 9.86. The maximum Gasteiger partial charge on any atom is 0.573 e. The van der Waals surface area contributed by atoms with Crippen LogP contribution in [0.2, 0.25) is 0 Å². The van der Waals surface area contributed by atoms with Crippen LogP contribution in [0.4, 0.5) is 34.9 Å². The monoisotopic (exact) mass is 574 g/mol. The number of piperazine rings is 1. The molecule has 0 unspecified atom stereocenters. The Morgan fingerprint density at radius 2 is 1.88 bits per heavy atom. The molecular weight excluding hydrogens is 544 g/mol. The molecule has 41 heavy (non-hydrogen) atoms. The molecule has 2 aromatic carbocycles. The summed E-state index contributed by atoms with van der Waals surface area (Å²) in [5.41, 5.74) is 1.75. The number of aromatic nitrogens is 2. The summed E-state index contributed by atoms with van der Waals surface area (Å²) in [5, 5.41) is 15.3. The number of anilines is 3. The number of nitrogens with one attached hydrogen (secondary N) is 2. The van der Waals surface area contributed by atoms with Gasteiger partial charge in [-0.2, -0.15) is 0 Å². The molecule has 13 heteroatoms. The first kappa shape index (κ1) is 28.6. The Hall–Kier alpha value is -3.97. The van der Waals surface area contributed by atoms with Crippen LogP contribution < -0.4 is 20.3 Å². The molecule has 0 saturated carbocycles. The van der Waals surface area contributed by atoms with Crippen molar-refractivity contribution in [1.82, 2.24) is 20.2 Å². The first-order valence-corrected chi connectivity index (χ1v) is 13.1. The van der Waals surface area contributed by atoms with Crippen LogP contribution in [0, 0.1) is 5.82 Å². The predicted octanol–water partition coefficient (Wildman–Crippen LogP) is 4.19. The van der Waals surface area contributed by atoms with E-state index in [4.69, 9.17) is 0 Å². The van der Waals surface area contributed by atoms with Gasteiger partial charge in [0.1, 0.15) is 5.69 Å². The summed E-state index contributed by atoms with van der Waals surface area (Å²) in [6.45, 7) is 6.44. The predicted molar refractivity (Wildman–Crippen MR) is 145 cm³/mol. The van der Waals surface area contributed by atoms with Crippen molar-refractivity contribution < 1.29 is 32.2 Å². The molecule has 1 fully saturated rings. The zero-order valence-corrected chi connectivity index (χ0v) is 22.8. The Balaban J connectivity index is 1.53. The third kappa shape index (κ3) is 6.05. The zero-order valence-electron chi connectivity index (χ0n) is 22.8. The van der Waals surface area contributed by atoms with E-state index in [1.54, 1.807) is 12.1 Å². The van der Waals surface area contributed by atoms with Crippen LogP contribution in [0.3, 0.4) is 0 Å². The molecule has 5 rings (SSSR count). The molecule has 218 valence electrons. The average Bonchev–Trinajstić information content (AvgIpc) is 3.14. The summed E-state index contributed by atoms with van der Waals surface area (Å²) < 4.78 is 58.9. The van der Waals surface area contributed by atoms with Crippen LogP contribution in [-0.4, -0.2) is 72.1 Å². The maximum atomic E-state index is 15.1. The van der Waals surface area contributed by atoms with E-state index in [-0.39, 0.29) is 41.8 Å². The number of hydrogen-bond acceptors (Lipinski definition) is 8. The van der Waals surface area contributed by atoms with Gasteiger partial charge in [0.25, 0.3) is 5.91 Å². The molecular formula is C28H30F4N6O3. The molecule has 0 aliphatic carbocycles. The van der Waals surface area contributed by atoms with Gasteiger partial charge in [-0.1, -0.05) is 0 Å². The average molecular weight is 575 g/mol. The molecule has 2 aliphatic heterocycles. The Bertz CT molecular complexity index is 1470. The summed E-state index contributed by atoms with van der Waals surface area (Å²) in [6, 6.07) is 7.45. The minimum Gasteiger partial charge on any atom is -0.404 e. The lowest BCUT2D eigenvalue weighted by Gasteiger charge is -2.34. The van der Waals surface area contributed by atoms with E-state index in [2.05, 4.69) is 30.2 Å². The Kier molecular flexibility index (Phi) is 7.51. The van der Waals surface area contributed by atoms with Gasteiger partial charge in [0.05, 0.1) is 17.4 Å². The Morgan fingerprint density at radius 1 is 1.15 bits per heavy atom. The number of aliphatic hydroxyl groups excluding tert-OH is 1. The van der Waals surface area contributed by atoms with E-state index in [0.29, 0.717) is 35.5 Å². The number of carbonyl (C=O) groups excluding carboxylic acids is 1. The van der Waals surface area contributed by atoms with Crippen molar-refractivity contribution in [3.8, 4) is 17.0 Å². The van der Waals surface area contributed by atoms with Crippen LogP contribution in [-0.2, 0) is 12.0 Å². The number of alkyl halides is 3. The minimum atomic E-state index is -4.94. The molecule has 1 saturated heterocycles. The quantitative estimate of drug-likeness (QED) is 0.361. The molecule has 0 atom stereocenters. The lowest BCUT2D eigenvalue weighted by Crippen LogP contribution is -2.44. The van der Waals surface area contributed by atoms with E-state index in [9.17, 15) is 23.1 Å². The fourth-order valence-corrected chi connectivity index (χ4v) is 5.33. The number of ether oxygens (including phenoxy) is 1. The van der Waals surface area contributed by atoms with Gasteiger partial charge in [0.2, 0.25) is 5.95 Å². The summed E-state index contributed by atoms with van der Waals surface area (Å²) >= 11 is 0. The van der Waals surface area contributed by atoms with Gasteiger partial charge in [-0.15, -0.1) is 13.2 Å². The maximum absolute atomic E-state index is 15.1. The lowest BCUT2D eigenvalue weighted by molar-refractivity contribution is -0.274. The summed E-state index contributed by atoms with van der Waals surface area (Å²) in [6.07, 6.45) is -3.81. The van der Waals surface area contributed by atoms with Crippen molar-refractivity contribution >= 4 is 23.2 Å². The number of amides is 1. The molecule has 2 aliphatic rings. The number of aliphatic hydroxyl groups is 1. The van der Waals surface area contributed by atoms with E-state index < -0.39 is 23.5 Å². The number of halogens is 4. The number of rotatable bonds is 7. The second-order valence-electron chi connectivity index (χ2n) is 10.6. The van der Waals surface area contributed by atoms with Crippen molar-refractivity contribution in [2.75, 3.05) is 50.1 Å². The molecule has 3 N–H and O–H groups in total. The van der Waals surface area contributed by atoms with E-state index in [1.165, 1.54) is 18.2 Å². The van der Waals surface area contributed by atoms with Gasteiger partial charge >= 0.3 is 6.36 Å². The first-order valence-electron chi connectivity index (χ1n) is 13.1. The number of carbonyl (C=O) groups is 1. The van der Waals surface area contributed by atoms with Crippen molar-refractivity contribution in [3.63, 3.8) is 0 Å². The summed E-state index contributed by atoms with van der Waals surface area (Å²) in [5.74, 6) is -1.79. The second kappa shape index (κ2) is 10.8. The molecule has 3 heterocycles. The van der Waals surface area contributed by atoms with Crippen LogP contribution in [0.1, 0.15) is 35.3 Å². The Labute approximate surface area is 234 Å². The van der Waals surface area contributed by atoms with Crippen LogP contribution in [0.25, 0.3) is 11.3 Å². The van der Waals surface area contributed by atoms with E-state index in [1.807, 2.05) is 25.8 Å². The van der Waals surface area contributed by atoms with Gasteiger partial charge < -0.3 is 30.3 Å². The molecule has 9 nitrogen and oxygen atoms in total. The van der Waals surface area contributed by atoms with Crippen molar-refractivity contribution in [2.45, 2.75) is 32.2 Å². The van der Waals surface area contributed by atoms with Crippen molar-refractivity contribution in [3.05, 3.63) is 59.0 Å². The SMILES string of the molecule is CN1CCN(c2ccc(OC(F)(F)F)c(Nc3ncc(F)c(-c4cc(CCO)c5c(c4)C(=O)NC5(C)C)n3)c2)CC1. The number of hydrogen-bond donors (Lipinski definition) is 3. The molecule has 0 radical (unpaired) electrons. The van der Waals surface area contributed by atoms with Crippen LogP contribution >= 0.6 is 0 Å². The summed E-state index contributed by atoms with van der Waals surface area (Å²) in [7, 11) is 2.00. The van der Waals surface area contributed by atoms with Crippen LogP contribution in [0.15, 0.2) is 36.5 Å². The topological polar surface area (TPSA) is 103 Å². The Morgan fingerprint density at radius 3 is 2.56 bits per heavy atom. The molecule has 0 bridgehead atoms.